The fraction of sp³-hybridized carbons (Fsp3) is 0.692. The second kappa shape index (κ2) is 11.1. The molecule has 1 aromatic rings. The second-order valence-electron chi connectivity index (χ2n) is 10.4. The van der Waals surface area contributed by atoms with Gasteiger partial charge < -0.3 is 30.7 Å². The van der Waals surface area contributed by atoms with Crippen molar-refractivity contribution in [3.63, 3.8) is 0 Å². The van der Waals surface area contributed by atoms with Crippen LogP contribution in [0.1, 0.15) is 56.9 Å². The first-order valence-electron chi connectivity index (χ1n) is 12.8. The maximum atomic E-state index is 13.1. The number of urea groups is 1. The van der Waals surface area contributed by atoms with E-state index >= 15 is 0 Å². The Balaban J connectivity index is 1.33. The summed E-state index contributed by atoms with van der Waals surface area (Å²) < 4.78 is 5.12. The summed E-state index contributed by atoms with van der Waals surface area (Å²) >= 11 is 0. The van der Waals surface area contributed by atoms with Gasteiger partial charge in [-0.3, -0.25) is 4.79 Å². The van der Waals surface area contributed by atoms with E-state index < -0.39 is 5.60 Å². The van der Waals surface area contributed by atoms with Crippen molar-refractivity contribution in [3.05, 3.63) is 35.9 Å². The molecule has 34 heavy (non-hydrogen) atoms. The summed E-state index contributed by atoms with van der Waals surface area (Å²) in [4.78, 5) is 27.2. The number of hydrogen-bond donors (Lipinski definition) is 4. The first-order chi connectivity index (χ1) is 16.4. The van der Waals surface area contributed by atoms with Gasteiger partial charge in [-0.15, -0.1) is 0 Å². The van der Waals surface area contributed by atoms with E-state index in [0.29, 0.717) is 32.2 Å². The molecular formula is C26H40N4O4. The molecule has 188 valence electrons. The van der Waals surface area contributed by atoms with Crippen LogP contribution in [0.5, 0.6) is 0 Å². The molecule has 8 heteroatoms. The maximum Gasteiger partial charge on any atom is 0.317 e. The van der Waals surface area contributed by atoms with Gasteiger partial charge in [-0.05, 0) is 63.5 Å². The summed E-state index contributed by atoms with van der Waals surface area (Å²) in [5.74, 6) is 0.330. The number of nitrogens with zero attached hydrogens (tertiary/aromatic N) is 1. The highest BCUT2D eigenvalue weighted by Gasteiger charge is 2.37. The Hall–Kier alpha value is -2.16. The standard InChI is InChI=1S/C26H40N4O4/c1-27-26(21-6-3-2-4-7-21)13-8-20(9-14-26)16-30(15-10-23(31)29-22-17-34-18-22)24(32)28-19-25(33)11-5-12-25/h2-4,6-7,20,22,27,33H,5,8-19H2,1H3,(H,28,32)(H,29,31). The first kappa shape index (κ1) is 24.9. The molecular weight excluding hydrogens is 432 g/mol. The highest BCUT2D eigenvalue weighted by molar-refractivity contribution is 5.78. The Bertz CT molecular complexity index is 817. The van der Waals surface area contributed by atoms with Gasteiger partial charge in [0.05, 0.1) is 24.9 Å². The van der Waals surface area contributed by atoms with Gasteiger partial charge in [-0.1, -0.05) is 30.3 Å². The molecule has 0 atom stereocenters. The van der Waals surface area contributed by atoms with Gasteiger partial charge in [0.25, 0.3) is 0 Å². The van der Waals surface area contributed by atoms with E-state index in [4.69, 9.17) is 4.74 Å². The van der Waals surface area contributed by atoms with Crippen molar-refractivity contribution in [2.24, 2.45) is 5.92 Å². The number of carbonyl (C=O) groups excluding carboxylic acids is 2. The largest absolute Gasteiger partial charge is 0.388 e. The zero-order valence-electron chi connectivity index (χ0n) is 20.4. The van der Waals surface area contributed by atoms with Crippen molar-refractivity contribution >= 4 is 11.9 Å². The van der Waals surface area contributed by atoms with Crippen LogP contribution in [-0.2, 0) is 15.1 Å². The van der Waals surface area contributed by atoms with Gasteiger partial charge in [0.1, 0.15) is 0 Å². The minimum atomic E-state index is -0.768. The number of carbonyl (C=O) groups is 2. The molecule has 1 aromatic carbocycles. The normalized spacial score (nSPS) is 26.1. The van der Waals surface area contributed by atoms with E-state index in [1.165, 1.54) is 5.56 Å². The number of benzene rings is 1. The Kier molecular flexibility index (Phi) is 8.11. The molecule has 3 fully saturated rings. The van der Waals surface area contributed by atoms with Crippen LogP contribution >= 0.6 is 0 Å². The van der Waals surface area contributed by atoms with Crippen LogP contribution in [0, 0.1) is 5.92 Å². The van der Waals surface area contributed by atoms with Crippen LogP contribution in [-0.4, -0.2) is 73.5 Å². The van der Waals surface area contributed by atoms with E-state index in [0.717, 1.165) is 44.9 Å². The molecule has 0 bridgehead atoms. The molecule has 3 aliphatic rings. The Morgan fingerprint density at radius 3 is 2.38 bits per heavy atom. The highest BCUT2D eigenvalue weighted by atomic mass is 16.5. The lowest BCUT2D eigenvalue weighted by molar-refractivity contribution is -0.125. The first-order valence-corrected chi connectivity index (χ1v) is 12.8. The van der Waals surface area contributed by atoms with Crippen LogP contribution in [0.2, 0.25) is 0 Å². The average Bonchev–Trinajstić information content (AvgIpc) is 2.82. The molecule has 0 radical (unpaired) electrons. The fourth-order valence-electron chi connectivity index (χ4n) is 5.35. The van der Waals surface area contributed by atoms with Crippen molar-refractivity contribution in [2.45, 2.75) is 68.5 Å². The zero-order chi connectivity index (χ0) is 24.0. The highest BCUT2D eigenvalue weighted by Crippen LogP contribution is 2.39. The van der Waals surface area contributed by atoms with E-state index in [9.17, 15) is 14.7 Å². The van der Waals surface area contributed by atoms with E-state index in [1.54, 1.807) is 4.90 Å². The van der Waals surface area contributed by atoms with Crippen LogP contribution < -0.4 is 16.0 Å². The molecule has 0 spiro atoms. The fourth-order valence-corrected chi connectivity index (χ4v) is 5.35. The van der Waals surface area contributed by atoms with Gasteiger partial charge in [-0.2, -0.15) is 0 Å². The minimum absolute atomic E-state index is 0.0247. The number of amides is 3. The maximum absolute atomic E-state index is 13.1. The third-order valence-corrected chi connectivity index (χ3v) is 7.99. The van der Waals surface area contributed by atoms with Gasteiger partial charge in [-0.25, -0.2) is 4.79 Å². The third-order valence-electron chi connectivity index (χ3n) is 7.99. The number of aliphatic hydroxyl groups is 1. The molecule has 0 aromatic heterocycles. The van der Waals surface area contributed by atoms with Crippen LogP contribution in [0.25, 0.3) is 0 Å². The third kappa shape index (κ3) is 6.09. The lowest BCUT2D eigenvalue weighted by Gasteiger charge is -2.42. The smallest absolute Gasteiger partial charge is 0.317 e. The van der Waals surface area contributed by atoms with Gasteiger partial charge in [0.2, 0.25) is 5.91 Å². The predicted molar refractivity (Wildman–Crippen MR) is 130 cm³/mol. The van der Waals surface area contributed by atoms with Crippen molar-refractivity contribution in [1.82, 2.24) is 20.9 Å². The van der Waals surface area contributed by atoms with Crippen molar-refractivity contribution in [2.75, 3.05) is 39.9 Å². The van der Waals surface area contributed by atoms with Gasteiger partial charge in [0, 0.05) is 31.6 Å². The minimum Gasteiger partial charge on any atom is -0.388 e. The van der Waals surface area contributed by atoms with Crippen LogP contribution in [0.4, 0.5) is 4.79 Å². The summed E-state index contributed by atoms with van der Waals surface area (Å²) in [7, 11) is 2.03. The average molecular weight is 473 g/mol. The summed E-state index contributed by atoms with van der Waals surface area (Å²) in [6, 6.07) is 10.5. The lowest BCUT2D eigenvalue weighted by Crippen LogP contribution is -2.53. The zero-order valence-corrected chi connectivity index (χ0v) is 20.4. The molecule has 8 nitrogen and oxygen atoms in total. The predicted octanol–water partition coefficient (Wildman–Crippen LogP) is 2.12. The van der Waals surface area contributed by atoms with Crippen molar-refractivity contribution in [3.8, 4) is 0 Å². The van der Waals surface area contributed by atoms with E-state index in [1.807, 2.05) is 13.1 Å². The topological polar surface area (TPSA) is 103 Å². The van der Waals surface area contributed by atoms with E-state index in [2.05, 4.69) is 40.2 Å². The molecule has 4 N–H and O–H groups in total. The molecule has 1 aliphatic heterocycles. The molecule has 4 rings (SSSR count). The van der Waals surface area contributed by atoms with E-state index in [-0.39, 0.29) is 36.5 Å². The molecule has 2 aliphatic carbocycles. The van der Waals surface area contributed by atoms with Crippen LogP contribution in [0.3, 0.4) is 0 Å². The summed E-state index contributed by atoms with van der Waals surface area (Å²) in [6.07, 6.45) is 6.76. The molecule has 1 heterocycles. The second-order valence-corrected chi connectivity index (χ2v) is 10.4. The summed E-state index contributed by atoms with van der Waals surface area (Å²) in [6.45, 7) is 2.39. The summed E-state index contributed by atoms with van der Waals surface area (Å²) in [5, 5.41) is 19.8. The van der Waals surface area contributed by atoms with Gasteiger partial charge in [0.15, 0.2) is 0 Å². The SMILES string of the molecule is CNC1(c2ccccc2)CCC(CN(CCC(=O)NC2COC2)C(=O)NCC2(O)CCC2)CC1. The van der Waals surface area contributed by atoms with Crippen molar-refractivity contribution < 1.29 is 19.4 Å². The Labute approximate surface area is 202 Å². The Morgan fingerprint density at radius 1 is 1.12 bits per heavy atom. The molecule has 3 amide bonds. The number of ether oxygens (including phenoxy) is 1. The van der Waals surface area contributed by atoms with Crippen molar-refractivity contribution in [1.29, 1.82) is 0 Å². The number of hydrogen-bond acceptors (Lipinski definition) is 5. The summed E-state index contributed by atoms with van der Waals surface area (Å²) in [5.41, 5.74) is 0.523. The van der Waals surface area contributed by atoms with Gasteiger partial charge >= 0.3 is 6.03 Å². The molecule has 2 saturated carbocycles. The lowest BCUT2D eigenvalue weighted by atomic mass is 9.72. The quantitative estimate of drug-likeness (QED) is 0.418. The molecule has 1 saturated heterocycles. The number of nitrogens with one attached hydrogen (secondary N) is 3. The number of rotatable bonds is 10. The monoisotopic (exact) mass is 472 g/mol. The van der Waals surface area contributed by atoms with Crippen LogP contribution in [0.15, 0.2) is 30.3 Å². The Morgan fingerprint density at radius 2 is 1.82 bits per heavy atom. The molecule has 0 unspecified atom stereocenters.